The maximum atomic E-state index is 12.6. The summed E-state index contributed by atoms with van der Waals surface area (Å²) in [5.41, 5.74) is 2.49. The third-order valence-corrected chi connectivity index (χ3v) is 5.40. The predicted octanol–water partition coefficient (Wildman–Crippen LogP) is 3.44. The largest absolute Gasteiger partial charge is 0.345 e. The number of carbonyl (C=O) groups is 1. The van der Waals surface area contributed by atoms with Crippen molar-refractivity contribution in [3.05, 3.63) is 101 Å². The van der Waals surface area contributed by atoms with Crippen molar-refractivity contribution >= 4 is 27.5 Å². The standard InChI is InChI=1S/C21H19ClN2O3S/c22-18-8-4-7-17(14-18)21(16-5-2-1-3-6-16)24-20(25)13-15-9-11-19(12-10-15)28(23,26)27/h1-12,14,21H,13H2,(H,24,25)(H2,23,26,27). The second kappa shape index (κ2) is 8.56. The van der Waals surface area contributed by atoms with Crippen LogP contribution in [0.2, 0.25) is 5.02 Å². The number of hydrogen-bond donors (Lipinski definition) is 2. The van der Waals surface area contributed by atoms with Crippen LogP contribution in [0.1, 0.15) is 22.7 Å². The van der Waals surface area contributed by atoms with Crippen molar-refractivity contribution in [2.24, 2.45) is 5.14 Å². The lowest BCUT2D eigenvalue weighted by Crippen LogP contribution is -2.30. The Morgan fingerprint density at radius 1 is 0.929 bits per heavy atom. The van der Waals surface area contributed by atoms with E-state index in [-0.39, 0.29) is 23.3 Å². The van der Waals surface area contributed by atoms with E-state index >= 15 is 0 Å². The van der Waals surface area contributed by atoms with Crippen molar-refractivity contribution in [3.63, 3.8) is 0 Å². The zero-order valence-electron chi connectivity index (χ0n) is 14.9. The summed E-state index contributed by atoms with van der Waals surface area (Å²) < 4.78 is 22.7. The van der Waals surface area contributed by atoms with Gasteiger partial charge in [0.2, 0.25) is 15.9 Å². The van der Waals surface area contributed by atoms with Gasteiger partial charge in [-0.05, 0) is 41.0 Å². The lowest BCUT2D eigenvalue weighted by molar-refractivity contribution is -0.120. The molecule has 1 amide bonds. The third kappa shape index (κ3) is 5.19. The molecule has 0 saturated heterocycles. The van der Waals surface area contributed by atoms with Crippen LogP contribution < -0.4 is 10.5 Å². The first-order valence-electron chi connectivity index (χ1n) is 8.54. The van der Waals surface area contributed by atoms with Crippen LogP contribution in [0.15, 0.2) is 83.8 Å². The van der Waals surface area contributed by atoms with Crippen molar-refractivity contribution < 1.29 is 13.2 Å². The highest BCUT2D eigenvalue weighted by molar-refractivity contribution is 7.89. The molecule has 0 spiro atoms. The van der Waals surface area contributed by atoms with Crippen molar-refractivity contribution in [1.82, 2.24) is 5.32 Å². The lowest BCUT2D eigenvalue weighted by atomic mass is 9.98. The van der Waals surface area contributed by atoms with Crippen LogP contribution in [0.25, 0.3) is 0 Å². The quantitative estimate of drug-likeness (QED) is 0.647. The molecule has 3 aromatic rings. The molecule has 144 valence electrons. The average Bonchev–Trinajstić information content (AvgIpc) is 2.66. The van der Waals surface area contributed by atoms with Crippen LogP contribution in [-0.4, -0.2) is 14.3 Å². The van der Waals surface area contributed by atoms with E-state index in [1.54, 1.807) is 18.2 Å². The van der Waals surface area contributed by atoms with Gasteiger partial charge in [0.15, 0.2) is 0 Å². The minimum absolute atomic E-state index is 0.0118. The Hall–Kier alpha value is -2.67. The van der Waals surface area contributed by atoms with Gasteiger partial charge in [0.05, 0.1) is 17.4 Å². The van der Waals surface area contributed by atoms with Crippen molar-refractivity contribution in [3.8, 4) is 0 Å². The van der Waals surface area contributed by atoms with E-state index in [1.807, 2.05) is 48.5 Å². The van der Waals surface area contributed by atoms with Crippen LogP contribution in [-0.2, 0) is 21.2 Å². The van der Waals surface area contributed by atoms with Crippen LogP contribution in [0.4, 0.5) is 0 Å². The zero-order chi connectivity index (χ0) is 20.1. The maximum absolute atomic E-state index is 12.6. The van der Waals surface area contributed by atoms with Gasteiger partial charge >= 0.3 is 0 Å². The minimum Gasteiger partial charge on any atom is -0.345 e. The number of hydrogen-bond acceptors (Lipinski definition) is 3. The highest BCUT2D eigenvalue weighted by Gasteiger charge is 2.17. The average molecular weight is 415 g/mol. The number of primary sulfonamides is 1. The number of benzene rings is 3. The Morgan fingerprint density at radius 2 is 1.57 bits per heavy atom. The number of rotatable bonds is 6. The number of nitrogens with one attached hydrogen (secondary N) is 1. The molecule has 1 atom stereocenters. The van der Waals surface area contributed by atoms with E-state index in [1.165, 1.54) is 12.1 Å². The van der Waals surface area contributed by atoms with E-state index in [9.17, 15) is 13.2 Å². The summed E-state index contributed by atoms with van der Waals surface area (Å²) in [5, 5.41) is 8.72. The van der Waals surface area contributed by atoms with Crippen molar-refractivity contribution in [2.75, 3.05) is 0 Å². The topological polar surface area (TPSA) is 89.3 Å². The van der Waals surface area contributed by atoms with Crippen molar-refractivity contribution in [1.29, 1.82) is 0 Å². The molecular weight excluding hydrogens is 396 g/mol. The molecule has 0 saturated carbocycles. The first-order chi connectivity index (χ1) is 13.3. The number of halogens is 1. The number of sulfonamides is 1. The first kappa shape index (κ1) is 20.1. The zero-order valence-corrected chi connectivity index (χ0v) is 16.5. The summed E-state index contributed by atoms with van der Waals surface area (Å²) >= 11 is 6.12. The van der Waals surface area contributed by atoms with Gasteiger partial charge in [0.1, 0.15) is 0 Å². The van der Waals surface area contributed by atoms with Gasteiger partial charge in [-0.3, -0.25) is 4.79 Å². The van der Waals surface area contributed by atoms with Crippen LogP contribution >= 0.6 is 11.6 Å². The molecule has 0 aliphatic heterocycles. The molecule has 3 rings (SSSR count). The molecular formula is C21H19ClN2O3S. The van der Waals surface area contributed by atoms with Gasteiger partial charge in [0, 0.05) is 5.02 Å². The van der Waals surface area contributed by atoms with E-state index in [0.29, 0.717) is 10.6 Å². The fourth-order valence-electron chi connectivity index (χ4n) is 2.89. The first-order valence-corrected chi connectivity index (χ1v) is 10.5. The van der Waals surface area contributed by atoms with Gasteiger partial charge in [-0.25, -0.2) is 13.6 Å². The molecule has 0 aliphatic carbocycles. The normalized spacial score (nSPS) is 12.4. The summed E-state index contributed by atoms with van der Waals surface area (Å²) in [7, 11) is -3.76. The van der Waals surface area contributed by atoms with Crippen LogP contribution in [0.3, 0.4) is 0 Å². The monoisotopic (exact) mass is 414 g/mol. The highest BCUT2D eigenvalue weighted by Crippen LogP contribution is 2.24. The van der Waals surface area contributed by atoms with Gasteiger partial charge in [0.25, 0.3) is 0 Å². The third-order valence-electron chi connectivity index (χ3n) is 4.24. The van der Waals surface area contributed by atoms with E-state index in [2.05, 4.69) is 5.32 Å². The molecule has 0 radical (unpaired) electrons. The molecule has 7 heteroatoms. The lowest BCUT2D eigenvalue weighted by Gasteiger charge is -2.20. The highest BCUT2D eigenvalue weighted by atomic mass is 35.5. The van der Waals surface area contributed by atoms with Gasteiger partial charge in [-0.1, -0.05) is 66.2 Å². The fraction of sp³-hybridized carbons (Fsp3) is 0.0952. The Morgan fingerprint density at radius 3 is 2.18 bits per heavy atom. The minimum atomic E-state index is -3.76. The number of nitrogens with two attached hydrogens (primary N) is 1. The number of amides is 1. The molecule has 0 heterocycles. The van der Waals surface area contributed by atoms with E-state index < -0.39 is 10.0 Å². The molecule has 3 N–H and O–H groups in total. The molecule has 0 bridgehead atoms. The predicted molar refractivity (Wildman–Crippen MR) is 109 cm³/mol. The second-order valence-electron chi connectivity index (χ2n) is 6.33. The molecule has 0 aromatic heterocycles. The Labute approximate surface area is 169 Å². The van der Waals surface area contributed by atoms with E-state index in [4.69, 9.17) is 16.7 Å². The second-order valence-corrected chi connectivity index (χ2v) is 8.33. The summed E-state index contributed by atoms with van der Waals surface area (Å²) in [6.07, 6.45) is 0.106. The van der Waals surface area contributed by atoms with Crippen LogP contribution in [0, 0.1) is 0 Å². The summed E-state index contributed by atoms with van der Waals surface area (Å²) in [4.78, 5) is 12.7. The summed E-state index contributed by atoms with van der Waals surface area (Å²) in [5.74, 6) is -0.197. The molecule has 28 heavy (non-hydrogen) atoms. The van der Waals surface area contributed by atoms with E-state index in [0.717, 1.165) is 11.1 Å². The Bertz CT molecular complexity index is 1070. The summed E-state index contributed by atoms with van der Waals surface area (Å²) in [6, 6.07) is 22.5. The van der Waals surface area contributed by atoms with Gasteiger partial charge in [-0.15, -0.1) is 0 Å². The molecule has 3 aromatic carbocycles. The molecule has 0 fully saturated rings. The van der Waals surface area contributed by atoms with Gasteiger partial charge < -0.3 is 5.32 Å². The molecule has 1 unspecified atom stereocenters. The SMILES string of the molecule is NS(=O)(=O)c1ccc(CC(=O)NC(c2ccccc2)c2cccc(Cl)c2)cc1. The van der Waals surface area contributed by atoms with Gasteiger partial charge in [-0.2, -0.15) is 0 Å². The maximum Gasteiger partial charge on any atom is 0.238 e. The smallest absolute Gasteiger partial charge is 0.238 e. The number of carbonyl (C=O) groups excluding carboxylic acids is 1. The fourth-order valence-corrected chi connectivity index (χ4v) is 3.60. The van der Waals surface area contributed by atoms with Crippen LogP contribution in [0.5, 0.6) is 0 Å². The molecule has 5 nitrogen and oxygen atoms in total. The molecule has 0 aliphatic rings. The van der Waals surface area contributed by atoms with Crippen molar-refractivity contribution in [2.45, 2.75) is 17.4 Å². The Kier molecular flexibility index (Phi) is 6.14. The summed E-state index contributed by atoms with van der Waals surface area (Å²) in [6.45, 7) is 0. The Balaban J connectivity index is 1.80.